The van der Waals surface area contributed by atoms with Gasteiger partial charge in [-0.25, -0.2) is 4.98 Å². The Morgan fingerprint density at radius 1 is 1.39 bits per heavy atom. The van der Waals surface area contributed by atoms with Crippen LogP contribution in [0.2, 0.25) is 0 Å². The first-order valence-corrected chi connectivity index (χ1v) is 5.62. The molecule has 0 saturated carbocycles. The number of hydrogen-bond donors (Lipinski definition) is 2. The molecule has 1 aromatic heterocycles. The minimum atomic E-state index is -0.511. The zero-order chi connectivity index (χ0) is 13.1. The number of amidine groups is 1. The van der Waals surface area contributed by atoms with E-state index in [1.165, 1.54) is 0 Å². The van der Waals surface area contributed by atoms with Crippen molar-refractivity contribution in [2.75, 3.05) is 0 Å². The van der Waals surface area contributed by atoms with Crippen molar-refractivity contribution in [1.29, 1.82) is 0 Å². The van der Waals surface area contributed by atoms with Crippen molar-refractivity contribution in [3.05, 3.63) is 36.0 Å². The van der Waals surface area contributed by atoms with Crippen LogP contribution >= 0.6 is 0 Å². The molecule has 18 heavy (non-hydrogen) atoms. The quantitative estimate of drug-likeness (QED) is 0.375. The predicted molar refractivity (Wildman–Crippen MR) is 70.0 cm³/mol. The van der Waals surface area contributed by atoms with Gasteiger partial charge < -0.3 is 15.7 Å². The van der Waals surface area contributed by atoms with Crippen LogP contribution in [0.25, 0.3) is 10.9 Å². The normalized spacial score (nSPS) is 13.6. The number of pyridine rings is 1. The Bertz CT molecular complexity index is 596. The molecule has 0 aliphatic rings. The van der Waals surface area contributed by atoms with E-state index in [1.807, 2.05) is 37.3 Å². The lowest BCUT2D eigenvalue weighted by Gasteiger charge is -2.14. The molecule has 94 valence electrons. The maximum Gasteiger partial charge on any atom is 0.180 e. The van der Waals surface area contributed by atoms with Gasteiger partial charge in [-0.3, -0.25) is 0 Å². The second-order valence-corrected chi connectivity index (χ2v) is 4.07. The molecule has 3 N–H and O–H groups in total. The minimum Gasteiger partial charge on any atom is -0.480 e. The number of rotatable bonds is 3. The van der Waals surface area contributed by atoms with Crippen molar-refractivity contribution in [3.63, 3.8) is 0 Å². The molecular formula is C13H15N3O2. The van der Waals surface area contributed by atoms with Crippen molar-refractivity contribution >= 4 is 16.7 Å². The summed E-state index contributed by atoms with van der Waals surface area (Å²) < 4.78 is 5.66. The Hall–Kier alpha value is -2.30. The molecule has 1 heterocycles. The van der Waals surface area contributed by atoms with Gasteiger partial charge in [-0.1, -0.05) is 23.4 Å². The molecule has 0 aliphatic heterocycles. The van der Waals surface area contributed by atoms with Gasteiger partial charge in [0.2, 0.25) is 0 Å². The highest BCUT2D eigenvalue weighted by molar-refractivity contribution is 5.87. The summed E-state index contributed by atoms with van der Waals surface area (Å²) in [4.78, 5) is 4.45. The predicted octanol–water partition coefficient (Wildman–Crippen LogP) is 2.06. The van der Waals surface area contributed by atoms with Crippen molar-refractivity contribution in [1.82, 2.24) is 4.98 Å². The second-order valence-electron chi connectivity index (χ2n) is 4.07. The summed E-state index contributed by atoms with van der Waals surface area (Å²) in [5, 5.41) is 12.5. The van der Waals surface area contributed by atoms with E-state index in [-0.39, 0.29) is 5.84 Å². The number of oxime groups is 1. The molecule has 0 fully saturated rings. The van der Waals surface area contributed by atoms with Crippen molar-refractivity contribution in [2.45, 2.75) is 20.0 Å². The molecule has 1 unspecified atom stereocenters. The number of fused-ring (bicyclic) bond motifs is 1. The van der Waals surface area contributed by atoms with Gasteiger partial charge in [0.05, 0.1) is 0 Å². The third kappa shape index (κ3) is 2.34. The van der Waals surface area contributed by atoms with Crippen LogP contribution in [-0.4, -0.2) is 22.1 Å². The molecule has 0 amide bonds. The molecule has 1 atom stereocenters. The van der Waals surface area contributed by atoms with Crippen LogP contribution in [0.1, 0.15) is 12.6 Å². The lowest BCUT2D eigenvalue weighted by atomic mass is 10.2. The van der Waals surface area contributed by atoms with E-state index >= 15 is 0 Å². The number of nitrogens with zero attached hydrogens (tertiary/aromatic N) is 2. The molecule has 5 heteroatoms. The van der Waals surface area contributed by atoms with E-state index in [2.05, 4.69) is 10.1 Å². The number of para-hydroxylation sites is 1. The van der Waals surface area contributed by atoms with Crippen LogP contribution in [-0.2, 0) is 0 Å². The fourth-order valence-electron chi connectivity index (χ4n) is 1.64. The average Bonchev–Trinajstić information content (AvgIpc) is 2.38. The highest BCUT2D eigenvalue weighted by Crippen LogP contribution is 2.24. The zero-order valence-electron chi connectivity index (χ0n) is 10.3. The molecule has 2 aromatic rings. The third-order valence-electron chi connectivity index (χ3n) is 2.66. The van der Waals surface area contributed by atoms with Crippen LogP contribution in [0.5, 0.6) is 5.75 Å². The first-order chi connectivity index (χ1) is 8.61. The molecule has 1 aromatic carbocycles. The van der Waals surface area contributed by atoms with Crippen molar-refractivity contribution < 1.29 is 9.94 Å². The lowest BCUT2D eigenvalue weighted by Crippen LogP contribution is -2.31. The van der Waals surface area contributed by atoms with Gasteiger partial charge in [-0.15, -0.1) is 0 Å². The summed E-state index contributed by atoms with van der Waals surface area (Å²) in [5.74, 6) is 0.648. The number of benzene rings is 1. The summed E-state index contributed by atoms with van der Waals surface area (Å²) >= 11 is 0. The number of aryl methyl sites for hydroxylation is 1. The fourth-order valence-corrected chi connectivity index (χ4v) is 1.64. The standard InChI is InChI=1S/C13H15N3O2/c1-8-6-7-10-4-3-5-11(12(10)15-8)18-9(2)13(14)16-17/h3-7,9,17H,1-2H3,(H2,14,16). The Kier molecular flexibility index (Phi) is 3.32. The van der Waals surface area contributed by atoms with Crippen molar-refractivity contribution in [2.24, 2.45) is 10.9 Å². The highest BCUT2D eigenvalue weighted by Gasteiger charge is 2.12. The van der Waals surface area contributed by atoms with Gasteiger partial charge in [0.25, 0.3) is 0 Å². The van der Waals surface area contributed by atoms with Crippen LogP contribution in [0.3, 0.4) is 0 Å². The van der Waals surface area contributed by atoms with E-state index in [1.54, 1.807) is 6.92 Å². The number of nitrogens with two attached hydrogens (primary N) is 1. The Morgan fingerprint density at radius 2 is 2.17 bits per heavy atom. The smallest absolute Gasteiger partial charge is 0.180 e. The summed E-state index contributed by atoms with van der Waals surface area (Å²) in [5.41, 5.74) is 7.18. The highest BCUT2D eigenvalue weighted by atomic mass is 16.5. The van der Waals surface area contributed by atoms with Gasteiger partial charge in [0.15, 0.2) is 11.9 Å². The molecule has 0 radical (unpaired) electrons. The lowest BCUT2D eigenvalue weighted by molar-refractivity contribution is 0.267. The molecular weight excluding hydrogens is 230 g/mol. The number of aromatic nitrogens is 1. The zero-order valence-corrected chi connectivity index (χ0v) is 10.3. The molecule has 5 nitrogen and oxygen atoms in total. The monoisotopic (exact) mass is 245 g/mol. The van der Waals surface area contributed by atoms with Gasteiger partial charge in [-0.05, 0) is 26.0 Å². The number of ether oxygens (including phenoxy) is 1. The SMILES string of the molecule is Cc1ccc2cccc(OC(C)C(N)=NO)c2n1. The summed E-state index contributed by atoms with van der Waals surface area (Å²) in [6.45, 7) is 3.63. The topological polar surface area (TPSA) is 80.7 Å². The third-order valence-corrected chi connectivity index (χ3v) is 2.66. The van der Waals surface area contributed by atoms with Crippen LogP contribution in [0, 0.1) is 6.92 Å². The molecule has 0 bridgehead atoms. The summed E-state index contributed by atoms with van der Waals surface area (Å²) in [7, 11) is 0. The summed E-state index contributed by atoms with van der Waals surface area (Å²) in [6, 6.07) is 9.59. The maximum atomic E-state index is 8.61. The maximum absolute atomic E-state index is 8.61. The van der Waals surface area contributed by atoms with Gasteiger partial charge in [0.1, 0.15) is 11.3 Å². The van der Waals surface area contributed by atoms with Gasteiger partial charge in [-0.2, -0.15) is 0 Å². The van der Waals surface area contributed by atoms with Gasteiger partial charge >= 0.3 is 0 Å². The molecule has 2 rings (SSSR count). The Morgan fingerprint density at radius 3 is 2.89 bits per heavy atom. The second kappa shape index (κ2) is 4.91. The van der Waals surface area contributed by atoms with Crippen LogP contribution in [0.4, 0.5) is 0 Å². The van der Waals surface area contributed by atoms with E-state index in [9.17, 15) is 0 Å². The van der Waals surface area contributed by atoms with E-state index in [4.69, 9.17) is 15.7 Å². The fraction of sp³-hybridized carbons (Fsp3) is 0.231. The van der Waals surface area contributed by atoms with Crippen LogP contribution < -0.4 is 10.5 Å². The molecule has 0 aliphatic carbocycles. The largest absolute Gasteiger partial charge is 0.480 e. The average molecular weight is 245 g/mol. The minimum absolute atomic E-state index is 0.0275. The van der Waals surface area contributed by atoms with Crippen molar-refractivity contribution in [3.8, 4) is 5.75 Å². The molecule has 0 saturated heterocycles. The Balaban J connectivity index is 2.42. The Labute approximate surface area is 105 Å². The first kappa shape index (κ1) is 12.2. The van der Waals surface area contributed by atoms with E-state index in [0.717, 1.165) is 16.6 Å². The van der Waals surface area contributed by atoms with Gasteiger partial charge in [0, 0.05) is 11.1 Å². The summed E-state index contributed by atoms with van der Waals surface area (Å²) in [6.07, 6.45) is -0.511. The molecule has 0 spiro atoms. The van der Waals surface area contributed by atoms with E-state index in [0.29, 0.717) is 5.75 Å². The van der Waals surface area contributed by atoms with E-state index < -0.39 is 6.10 Å². The van der Waals surface area contributed by atoms with Crippen LogP contribution in [0.15, 0.2) is 35.5 Å². The first-order valence-electron chi connectivity index (χ1n) is 5.62. The number of hydrogen-bond acceptors (Lipinski definition) is 4.